The first-order chi connectivity index (χ1) is 5.20. The fourth-order valence-electron chi connectivity index (χ4n) is 0.544. The van der Waals surface area contributed by atoms with Crippen molar-refractivity contribution in [2.24, 2.45) is 0 Å². The minimum Gasteiger partial charge on any atom is -0.394 e. The lowest BCUT2D eigenvalue weighted by molar-refractivity contribution is 0.186. The number of nitrogens with zero attached hydrogens (tertiary/aromatic N) is 1. The molecule has 64 valence electrons. The zero-order valence-corrected chi connectivity index (χ0v) is 6.83. The van der Waals surface area contributed by atoms with Gasteiger partial charge >= 0.3 is 0 Å². The molecule has 0 aliphatic carbocycles. The smallest absolute Gasteiger partial charge is 0.103 e. The van der Waals surface area contributed by atoms with E-state index in [1.165, 1.54) is 0 Å². The fourth-order valence-corrected chi connectivity index (χ4v) is 0.544. The lowest BCUT2D eigenvalue weighted by atomic mass is 10.6. The molecule has 1 rings (SSSR count). The van der Waals surface area contributed by atoms with Crippen LogP contribution in [-0.2, 0) is 0 Å². The first-order valence-corrected chi connectivity index (χ1v) is 3.40. The van der Waals surface area contributed by atoms with E-state index in [0.717, 1.165) is 11.5 Å². The first kappa shape index (κ1) is 10.1. The topological polar surface area (TPSA) is 69.1 Å². The maximum absolute atomic E-state index is 7.62. The van der Waals surface area contributed by atoms with Gasteiger partial charge in [-0.2, -0.15) is 0 Å². The Morgan fingerprint density at radius 3 is 2.00 bits per heavy atom. The highest BCUT2D eigenvalue weighted by atomic mass is 16.3. The van der Waals surface area contributed by atoms with Crippen LogP contribution in [0.15, 0.2) is 6.20 Å². The summed E-state index contributed by atoms with van der Waals surface area (Å²) in [6, 6.07) is 0. The summed E-state index contributed by atoms with van der Waals surface area (Å²) in [5.41, 5.74) is 1.12. The number of aromatic amines is 1. The van der Waals surface area contributed by atoms with Crippen molar-refractivity contribution in [2.75, 3.05) is 13.2 Å². The van der Waals surface area contributed by atoms with Crippen LogP contribution >= 0.6 is 0 Å². The van der Waals surface area contributed by atoms with Crippen LogP contribution in [0.1, 0.15) is 11.5 Å². The van der Waals surface area contributed by atoms with Crippen LogP contribution in [0.25, 0.3) is 0 Å². The fraction of sp³-hybridized carbons (Fsp3) is 0.571. The summed E-state index contributed by atoms with van der Waals surface area (Å²) >= 11 is 0. The summed E-state index contributed by atoms with van der Waals surface area (Å²) < 4.78 is 0. The van der Waals surface area contributed by atoms with Crippen molar-refractivity contribution in [1.29, 1.82) is 0 Å². The number of aliphatic hydroxyl groups is 2. The molecule has 1 heterocycles. The lowest BCUT2D eigenvalue weighted by Crippen LogP contribution is -1.85. The standard InChI is InChI=1S/C5H8N2.C2H6O2/c1-4-3-6-5(2)7-4;3-1-2-4/h3H,1-2H3,(H,6,7);3-4H,1-2H2. The molecule has 0 saturated carbocycles. The van der Waals surface area contributed by atoms with Gasteiger partial charge in [0, 0.05) is 11.9 Å². The molecule has 0 bridgehead atoms. The molecule has 1 aromatic rings. The zero-order valence-electron chi connectivity index (χ0n) is 6.83. The first-order valence-electron chi connectivity index (χ1n) is 3.40. The van der Waals surface area contributed by atoms with Crippen LogP contribution < -0.4 is 0 Å². The second-order valence-corrected chi connectivity index (χ2v) is 2.10. The minimum absolute atomic E-state index is 0.125. The summed E-state index contributed by atoms with van der Waals surface area (Å²) in [7, 11) is 0. The van der Waals surface area contributed by atoms with Crippen molar-refractivity contribution in [2.45, 2.75) is 13.8 Å². The van der Waals surface area contributed by atoms with E-state index in [1.807, 2.05) is 20.0 Å². The molecule has 0 unspecified atom stereocenters. The summed E-state index contributed by atoms with van der Waals surface area (Å²) in [5.74, 6) is 0.984. The lowest BCUT2D eigenvalue weighted by Gasteiger charge is -1.74. The van der Waals surface area contributed by atoms with E-state index in [0.29, 0.717) is 0 Å². The average Bonchev–Trinajstić information content (AvgIpc) is 2.35. The zero-order chi connectivity index (χ0) is 8.69. The molecule has 0 aromatic carbocycles. The third kappa shape index (κ3) is 5.57. The Labute approximate surface area is 65.9 Å². The van der Waals surface area contributed by atoms with Gasteiger partial charge in [0.25, 0.3) is 0 Å². The van der Waals surface area contributed by atoms with Crippen LogP contribution in [-0.4, -0.2) is 33.4 Å². The molecule has 1 aromatic heterocycles. The molecule has 0 aliphatic rings. The number of aliphatic hydroxyl groups excluding tert-OH is 2. The summed E-state index contributed by atoms with van der Waals surface area (Å²) in [6.07, 6.45) is 1.81. The molecule has 0 amide bonds. The second kappa shape index (κ2) is 5.88. The maximum Gasteiger partial charge on any atom is 0.103 e. The molecular formula is C7H14N2O2. The van der Waals surface area contributed by atoms with Crippen LogP contribution in [0.4, 0.5) is 0 Å². The third-order valence-electron chi connectivity index (χ3n) is 0.930. The number of hydrogen-bond acceptors (Lipinski definition) is 3. The summed E-state index contributed by atoms with van der Waals surface area (Å²) in [4.78, 5) is 6.99. The number of aryl methyl sites for hydroxylation is 2. The van der Waals surface area contributed by atoms with Gasteiger partial charge in [-0.15, -0.1) is 0 Å². The molecule has 0 radical (unpaired) electrons. The normalized spacial score (nSPS) is 8.73. The van der Waals surface area contributed by atoms with Crippen LogP contribution in [0, 0.1) is 13.8 Å². The van der Waals surface area contributed by atoms with E-state index in [2.05, 4.69) is 9.97 Å². The Morgan fingerprint density at radius 1 is 1.36 bits per heavy atom. The van der Waals surface area contributed by atoms with Crippen LogP contribution in [0.5, 0.6) is 0 Å². The SMILES string of the molecule is Cc1cnc(C)[nH]1.OCCO. The van der Waals surface area contributed by atoms with E-state index in [4.69, 9.17) is 10.2 Å². The molecule has 0 aliphatic heterocycles. The molecule has 0 fully saturated rings. The summed E-state index contributed by atoms with van der Waals surface area (Å²) in [5, 5.41) is 15.2. The highest BCUT2D eigenvalue weighted by Crippen LogP contribution is 1.89. The summed E-state index contributed by atoms with van der Waals surface area (Å²) in [6.45, 7) is 3.67. The van der Waals surface area contributed by atoms with Gasteiger partial charge in [0.15, 0.2) is 0 Å². The van der Waals surface area contributed by atoms with Gasteiger partial charge in [0.05, 0.1) is 13.2 Å². The third-order valence-corrected chi connectivity index (χ3v) is 0.930. The monoisotopic (exact) mass is 158 g/mol. The highest BCUT2D eigenvalue weighted by molar-refractivity contribution is 4.95. The van der Waals surface area contributed by atoms with Gasteiger partial charge in [-0.1, -0.05) is 0 Å². The van der Waals surface area contributed by atoms with E-state index in [-0.39, 0.29) is 13.2 Å². The van der Waals surface area contributed by atoms with Gasteiger partial charge < -0.3 is 15.2 Å². The molecule has 4 heteroatoms. The molecule has 0 atom stereocenters. The van der Waals surface area contributed by atoms with Crippen molar-refractivity contribution in [3.8, 4) is 0 Å². The van der Waals surface area contributed by atoms with Crippen molar-refractivity contribution >= 4 is 0 Å². The predicted octanol–water partition coefficient (Wildman–Crippen LogP) is -0.00246. The number of H-pyrrole nitrogens is 1. The Morgan fingerprint density at radius 2 is 1.91 bits per heavy atom. The number of aromatic nitrogens is 2. The van der Waals surface area contributed by atoms with E-state index >= 15 is 0 Å². The Bertz CT molecular complexity index is 168. The van der Waals surface area contributed by atoms with Gasteiger partial charge in [-0.25, -0.2) is 4.98 Å². The average molecular weight is 158 g/mol. The minimum atomic E-state index is -0.125. The molecule has 0 saturated heterocycles. The molecule has 11 heavy (non-hydrogen) atoms. The van der Waals surface area contributed by atoms with Gasteiger partial charge in [0.1, 0.15) is 5.82 Å². The van der Waals surface area contributed by atoms with E-state index < -0.39 is 0 Å². The Hall–Kier alpha value is -0.870. The number of nitrogens with one attached hydrogen (secondary N) is 1. The molecule has 3 N–H and O–H groups in total. The number of hydrogen-bond donors (Lipinski definition) is 3. The van der Waals surface area contributed by atoms with Crippen molar-refractivity contribution in [3.05, 3.63) is 17.7 Å². The van der Waals surface area contributed by atoms with Crippen molar-refractivity contribution in [3.63, 3.8) is 0 Å². The quantitative estimate of drug-likeness (QED) is 0.538. The van der Waals surface area contributed by atoms with Gasteiger partial charge in [-0.3, -0.25) is 0 Å². The number of rotatable bonds is 1. The Kier molecular flexibility index (Phi) is 5.42. The molecular weight excluding hydrogens is 144 g/mol. The van der Waals surface area contributed by atoms with Crippen LogP contribution in [0.3, 0.4) is 0 Å². The molecule has 0 spiro atoms. The number of imidazole rings is 1. The molecule has 4 nitrogen and oxygen atoms in total. The van der Waals surface area contributed by atoms with E-state index in [9.17, 15) is 0 Å². The second-order valence-electron chi connectivity index (χ2n) is 2.10. The Balaban J connectivity index is 0.000000218. The van der Waals surface area contributed by atoms with Crippen molar-refractivity contribution < 1.29 is 10.2 Å². The predicted molar refractivity (Wildman–Crippen MR) is 42.2 cm³/mol. The largest absolute Gasteiger partial charge is 0.394 e. The van der Waals surface area contributed by atoms with Crippen LogP contribution in [0.2, 0.25) is 0 Å². The van der Waals surface area contributed by atoms with Gasteiger partial charge in [-0.05, 0) is 13.8 Å². The maximum atomic E-state index is 7.62. The van der Waals surface area contributed by atoms with Crippen molar-refractivity contribution in [1.82, 2.24) is 9.97 Å². The van der Waals surface area contributed by atoms with Gasteiger partial charge in [0.2, 0.25) is 0 Å². The van der Waals surface area contributed by atoms with E-state index in [1.54, 1.807) is 0 Å². The highest BCUT2D eigenvalue weighted by Gasteiger charge is 1.83.